The quantitative estimate of drug-likeness (QED) is 0.694. The highest BCUT2D eigenvalue weighted by Crippen LogP contribution is 2.18. The van der Waals surface area contributed by atoms with E-state index >= 15 is 0 Å². The van der Waals surface area contributed by atoms with Crippen LogP contribution in [0.4, 0.5) is 0 Å². The number of aliphatic hydroxyl groups is 1. The van der Waals surface area contributed by atoms with E-state index in [2.05, 4.69) is 22.0 Å². The minimum atomic E-state index is -0.583. The average molecular weight is 338 g/mol. The molecule has 1 atom stereocenters. The molecular weight excluding hydrogens is 316 g/mol. The summed E-state index contributed by atoms with van der Waals surface area (Å²) in [7, 11) is 1.97. The van der Waals surface area contributed by atoms with Crippen LogP contribution in [0.2, 0.25) is 0 Å². The maximum absolute atomic E-state index is 11.3. The summed E-state index contributed by atoms with van der Waals surface area (Å²) in [5.74, 6) is 0.671. The second kappa shape index (κ2) is 7.96. The van der Waals surface area contributed by atoms with Crippen molar-refractivity contribution in [2.24, 2.45) is 0 Å². The summed E-state index contributed by atoms with van der Waals surface area (Å²) in [6.07, 6.45) is -0.583. The number of H-pyrrole nitrogens is 1. The van der Waals surface area contributed by atoms with E-state index < -0.39 is 6.10 Å². The Labute approximate surface area is 146 Å². The van der Waals surface area contributed by atoms with Gasteiger partial charge in [-0.1, -0.05) is 30.3 Å². The third-order valence-electron chi connectivity index (χ3n) is 3.96. The van der Waals surface area contributed by atoms with Gasteiger partial charge in [0.25, 0.3) is 0 Å². The standard InChI is InChI=1S/C20H22N2O3/c1-22(12-15-5-3-2-4-6-15)13-17(23)14-25-18-8-9-19-16(11-18)7-10-20(24)21-19/h2-11,17,23H,12-14H2,1H3,(H,21,24)/t17-/m1/s1. The van der Waals surface area contributed by atoms with Crippen LogP contribution >= 0.6 is 0 Å². The fourth-order valence-corrected chi connectivity index (χ4v) is 2.79. The molecule has 0 fully saturated rings. The van der Waals surface area contributed by atoms with Crippen molar-refractivity contribution in [1.29, 1.82) is 0 Å². The van der Waals surface area contributed by atoms with E-state index in [4.69, 9.17) is 4.74 Å². The van der Waals surface area contributed by atoms with E-state index in [0.717, 1.165) is 17.4 Å². The normalized spacial score (nSPS) is 12.4. The number of fused-ring (bicyclic) bond motifs is 1. The van der Waals surface area contributed by atoms with Crippen LogP contribution in [0, 0.1) is 0 Å². The van der Waals surface area contributed by atoms with E-state index in [0.29, 0.717) is 12.3 Å². The van der Waals surface area contributed by atoms with Crippen LogP contribution in [-0.2, 0) is 6.54 Å². The fraction of sp³-hybridized carbons (Fsp3) is 0.250. The topological polar surface area (TPSA) is 65.6 Å². The Morgan fingerprint density at radius 1 is 1.12 bits per heavy atom. The van der Waals surface area contributed by atoms with Gasteiger partial charge in [-0.15, -0.1) is 0 Å². The number of hydrogen-bond acceptors (Lipinski definition) is 4. The van der Waals surface area contributed by atoms with Gasteiger partial charge < -0.3 is 14.8 Å². The SMILES string of the molecule is CN(Cc1ccccc1)C[C@@H](O)COc1ccc2[nH]c(=O)ccc2c1. The first-order valence-electron chi connectivity index (χ1n) is 8.26. The lowest BCUT2D eigenvalue weighted by Gasteiger charge is -2.21. The predicted molar refractivity (Wildman–Crippen MR) is 98.8 cm³/mol. The Kier molecular flexibility index (Phi) is 5.48. The number of ether oxygens (including phenoxy) is 1. The van der Waals surface area contributed by atoms with Gasteiger partial charge in [-0.05, 0) is 36.9 Å². The molecule has 1 heterocycles. The monoisotopic (exact) mass is 338 g/mol. The zero-order chi connectivity index (χ0) is 17.6. The molecule has 0 radical (unpaired) electrons. The van der Waals surface area contributed by atoms with Crippen LogP contribution in [0.3, 0.4) is 0 Å². The first-order valence-corrected chi connectivity index (χ1v) is 8.26. The minimum absolute atomic E-state index is 0.127. The molecule has 0 saturated heterocycles. The Morgan fingerprint density at radius 2 is 1.92 bits per heavy atom. The first-order chi connectivity index (χ1) is 12.1. The molecule has 5 heteroatoms. The number of nitrogens with zero attached hydrogens (tertiary/aromatic N) is 1. The summed E-state index contributed by atoms with van der Waals surface area (Å²) >= 11 is 0. The molecule has 2 aromatic carbocycles. The van der Waals surface area contributed by atoms with Crippen molar-refractivity contribution >= 4 is 10.9 Å². The van der Waals surface area contributed by atoms with Gasteiger partial charge in [-0.2, -0.15) is 0 Å². The lowest BCUT2D eigenvalue weighted by molar-refractivity contribution is 0.0744. The molecule has 0 aliphatic heterocycles. The molecule has 25 heavy (non-hydrogen) atoms. The molecule has 130 valence electrons. The molecule has 3 rings (SSSR count). The lowest BCUT2D eigenvalue weighted by atomic mass is 10.2. The number of hydrogen-bond donors (Lipinski definition) is 2. The highest BCUT2D eigenvalue weighted by molar-refractivity contribution is 5.79. The maximum Gasteiger partial charge on any atom is 0.248 e. The highest BCUT2D eigenvalue weighted by atomic mass is 16.5. The zero-order valence-electron chi connectivity index (χ0n) is 14.2. The summed E-state index contributed by atoms with van der Waals surface area (Å²) in [6.45, 7) is 1.52. The van der Waals surface area contributed by atoms with Gasteiger partial charge in [0.15, 0.2) is 0 Å². The number of rotatable bonds is 7. The number of nitrogens with one attached hydrogen (secondary N) is 1. The van der Waals surface area contributed by atoms with E-state index in [9.17, 15) is 9.90 Å². The lowest BCUT2D eigenvalue weighted by Crippen LogP contribution is -2.32. The highest BCUT2D eigenvalue weighted by Gasteiger charge is 2.10. The summed E-state index contributed by atoms with van der Waals surface area (Å²) in [4.78, 5) is 16.1. The zero-order valence-corrected chi connectivity index (χ0v) is 14.2. The summed E-state index contributed by atoms with van der Waals surface area (Å²) in [5.41, 5.74) is 1.85. The second-order valence-corrected chi connectivity index (χ2v) is 6.22. The molecule has 2 N–H and O–H groups in total. The van der Waals surface area contributed by atoms with E-state index in [1.807, 2.05) is 31.3 Å². The Morgan fingerprint density at radius 3 is 2.72 bits per heavy atom. The molecule has 0 saturated carbocycles. The summed E-state index contributed by atoms with van der Waals surface area (Å²) in [6, 6.07) is 18.8. The molecular formula is C20H22N2O3. The number of aromatic amines is 1. The van der Waals surface area contributed by atoms with Crippen LogP contribution in [0.25, 0.3) is 10.9 Å². The van der Waals surface area contributed by atoms with E-state index in [1.165, 1.54) is 11.6 Å². The molecule has 0 spiro atoms. The molecule has 0 aliphatic carbocycles. The van der Waals surface area contributed by atoms with Crippen molar-refractivity contribution in [2.45, 2.75) is 12.6 Å². The summed E-state index contributed by atoms with van der Waals surface area (Å²) in [5, 5.41) is 11.1. The van der Waals surface area contributed by atoms with E-state index in [-0.39, 0.29) is 12.2 Å². The van der Waals surface area contributed by atoms with Crippen molar-refractivity contribution in [3.63, 3.8) is 0 Å². The third-order valence-corrected chi connectivity index (χ3v) is 3.96. The molecule has 1 aromatic heterocycles. The van der Waals surface area contributed by atoms with Crippen molar-refractivity contribution in [2.75, 3.05) is 20.2 Å². The number of pyridine rings is 1. The molecule has 5 nitrogen and oxygen atoms in total. The van der Waals surface area contributed by atoms with Crippen LogP contribution in [-0.4, -0.2) is 41.3 Å². The Hall–Kier alpha value is -2.63. The van der Waals surface area contributed by atoms with Gasteiger partial charge >= 0.3 is 0 Å². The van der Waals surface area contributed by atoms with Gasteiger partial charge in [-0.25, -0.2) is 0 Å². The van der Waals surface area contributed by atoms with Gasteiger partial charge in [0.1, 0.15) is 18.5 Å². The third kappa shape index (κ3) is 4.92. The van der Waals surface area contributed by atoms with Gasteiger partial charge in [-0.3, -0.25) is 9.69 Å². The molecule has 0 unspecified atom stereocenters. The molecule has 3 aromatic rings. The van der Waals surface area contributed by atoms with Gasteiger partial charge in [0.2, 0.25) is 5.56 Å². The van der Waals surface area contributed by atoms with Crippen LogP contribution in [0.5, 0.6) is 5.75 Å². The second-order valence-electron chi connectivity index (χ2n) is 6.22. The largest absolute Gasteiger partial charge is 0.491 e. The van der Waals surface area contributed by atoms with Crippen molar-refractivity contribution in [1.82, 2.24) is 9.88 Å². The minimum Gasteiger partial charge on any atom is -0.491 e. The average Bonchev–Trinajstić information content (AvgIpc) is 2.60. The number of likely N-dealkylation sites (N-methyl/N-ethyl adjacent to an activating group) is 1. The van der Waals surface area contributed by atoms with Crippen molar-refractivity contribution in [3.05, 3.63) is 76.6 Å². The fourth-order valence-electron chi connectivity index (χ4n) is 2.79. The number of aromatic nitrogens is 1. The van der Waals surface area contributed by atoms with Crippen LogP contribution < -0.4 is 10.3 Å². The van der Waals surface area contributed by atoms with Crippen LogP contribution in [0.15, 0.2) is 65.5 Å². The van der Waals surface area contributed by atoms with Crippen molar-refractivity contribution in [3.8, 4) is 5.75 Å². The Bertz CT molecular complexity index is 877. The van der Waals surface area contributed by atoms with Gasteiger partial charge in [0.05, 0.1) is 0 Å². The van der Waals surface area contributed by atoms with Crippen LogP contribution in [0.1, 0.15) is 5.56 Å². The number of benzene rings is 2. The molecule has 0 bridgehead atoms. The molecule has 0 aliphatic rings. The van der Waals surface area contributed by atoms with E-state index in [1.54, 1.807) is 18.2 Å². The molecule has 0 amide bonds. The predicted octanol–water partition coefficient (Wildman–Crippen LogP) is 2.40. The van der Waals surface area contributed by atoms with Crippen molar-refractivity contribution < 1.29 is 9.84 Å². The first kappa shape index (κ1) is 17.2. The van der Waals surface area contributed by atoms with Gasteiger partial charge in [0, 0.05) is 30.1 Å². The summed E-state index contributed by atoms with van der Waals surface area (Å²) < 4.78 is 5.69. The smallest absolute Gasteiger partial charge is 0.248 e. The number of aliphatic hydroxyl groups excluding tert-OH is 1. The Balaban J connectivity index is 1.52. The maximum atomic E-state index is 11.3.